The number of para-hydroxylation sites is 2. The van der Waals surface area contributed by atoms with Crippen molar-refractivity contribution >= 4 is 40.5 Å². The highest BCUT2D eigenvalue weighted by atomic mass is 32.1. The van der Waals surface area contributed by atoms with E-state index >= 15 is 0 Å². The number of benzene rings is 1. The summed E-state index contributed by atoms with van der Waals surface area (Å²) < 4.78 is 5.05. The van der Waals surface area contributed by atoms with Crippen LogP contribution in [0.15, 0.2) is 41.1 Å². The van der Waals surface area contributed by atoms with E-state index in [-0.39, 0.29) is 25.5 Å². The smallest absolute Gasteiger partial charge is 0.306 e. The summed E-state index contributed by atoms with van der Waals surface area (Å²) in [5, 5.41) is 6.63. The number of carbonyl (C=O) groups is 3. The van der Waals surface area contributed by atoms with Crippen molar-refractivity contribution in [1.82, 2.24) is 0 Å². The maximum atomic E-state index is 12.3. The number of hydrogen-bond donors (Lipinski definition) is 1. The third-order valence-electron chi connectivity index (χ3n) is 3.63. The Morgan fingerprint density at radius 1 is 1.25 bits per heavy atom. The first-order valence-corrected chi connectivity index (χ1v) is 8.44. The number of carbonyl (C=O) groups excluding carboxylic acids is 3. The number of esters is 1. The molecule has 0 fully saturated rings. The normalized spacial score (nSPS) is 13.2. The summed E-state index contributed by atoms with van der Waals surface area (Å²) >= 11 is 1.57. The molecule has 24 heavy (non-hydrogen) atoms. The molecule has 0 aliphatic carbocycles. The van der Waals surface area contributed by atoms with Gasteiger partial charge in [-0.2, -0.15) is 11.3 Å². The van der Waals surface area contributed by atoms with Gasteiger partial charge in [0.25, 0.3) is 5.91 Å². The SMILES string of the molecule is O=C1CN(C(=O)COC(=O)CCc2ccsc2)c2ccccc2N1. The van der Waals surface area contributed by atoms with Gasteiger partial charge < -0.3 is 10.1 Å². The molecule has 0 unspecified atom stereocenters. The van der Waals surface area contributed by atoms with E-state index in [1.807, 2.05) is 16.8 Å². The van der Waals surface area contributed by atoms with Gasteiger partial charge in [0.15, 0.2) is 6.61 Å². The molecular weight excluding hydrogens is 328 g/mol. The van der Waals surface area contributed by atoms with Gasteiger partial charge in [-0.15, -0.1) is 0 Å². The molecule has 2 aromatic rings. The highest BCUT2D eigenvalue weighted by molar-refractivity contribution is 7.07. The lowest BCUT2D eigenvalue weighted by Gasteiger charge is -2.28. The molecule has 3 rings (SSSR count). The average molecular weight is 344 g/mol. The third-order valence-corrected chi connectivity index (χ3v) is 4.36. The first-order chi connectivity index (χ1) is 11.6. The fourth-order valence-electron chi connectivity index (χ4n) is 2.43. The topological polar surface area (TPSA) is 75.7 Å². The van der Waals surface area contributed by atoms with Crippen molar-refractivity contribution in [1.29, 1.82) is 0 Å². The van der Waals surface area contributed by atoms with Crippen LogP contribution in [0.2, 0.25) is 0 Å². The molecule has 1 aliphatic rings. The van der Waals surface area contributed by atoms with E-state index < -0.39 is 11.9 Å². The third kappa shape index (κ3) is 3.80. The molecule has 0 saturated carbocycles. The zero-order valence-electron chi connectivity index (χ0n) is 12.9. The van der Waals surface area contributed by atoms with Gasteiger partial charge in [0, 0.05) is 6.42 Å². The van der Waals surface area contributed by atoms with Crippen LogP contribution in [-0.2, 0) is 25.5 Å². The fraction of sp³-hybridized carbons (Fsp3) is 0.235. The molecule has 1 aromatic carbocycles. The van der Waals surface area contributed by atoms with Crippen molar-refractivity contribution in [2.75, 3.05) is 23.4 Å². The second-order valence-corrected chi connectivity index (χ2v) is 6.12. The Hall–Kier alpha value is -2.67. The number of nitrogens with zero attached hydrogens (tertiary/aromatic N) is 1. The summed E-state index contributed by atoms with van der Waals surface area (Å²) in [4.78, 5) is 37.1. The Bertz CT molecular complexity index is 758. The van der Waals surface area contributed by atoms with Crippen LogP contribution in [-0.4, -0.2) is 30.9 Å². The van der Waals surface area contributed by atoms with Crippen molar-refractivity contribution < 1.29 is 19.1 Å². The van der Waals surface area contributed by atoms with Gasteiger partial charge in [-0.1, -0.05) is 12.1 Å². The molecule has 0 saturated heterocycles. The molecule has 2 heterocycles. The van der Waals surface area contributed by atoms with Gasteiger partial charge in [-0.05, 0) is 40.9 Å². The van der Waals surface area contributed by atoms with Crippen LogP contribution >= 0.6 is 11.3 Å². The zero-order valence-corrected chi connectivity index (χ0v) is 13.7. The highest BCUT2D eigenvalue weighted by Gasteiger charge is 2.27. The number of nitrogens with one attached hydrogen (secondary N) is 1. The number of aryl methyl sites for hydroxylation is 1. The van der Waals surface area contributed by atoms with Crippen LogP contribution in [0.25, 0.3) is 0 Å². The number of thiophene rings is 1. The minimum atomic E-state index is -0.427. The Morgan fingerprint density at radius 3 is 2.88 bits per heavy atom. The zero-order chi connectivity index (χ0) is 16.9. The molecular formula is C17H16N2O4S. The van der Waals surface area contributed by atoms with Crippen LogP contribution in [0.4, 0.5) is 11.4 Å². The lowest BCUT2D eigenvalue weighted by atomic mass is 10.2. The quantitative estimate of drug-likeness (QED) is 0.844. The standard InChI is InChI=1S/C17H16N2O4S/c20-15-9-19(14-4-2-1-3-13(14)18-15)16(21)10-23-17(22)6-5-12-7-8-24-11-12/h1-4,7-8,11H,5-6,9-10H2,(H,18,20). The molecule has 2 amide bonds. The Kier molecular flexibility index (Phi) is 4.90. The molecule has 124 valence electrons. The van der Waals surface area contributed by atoms with E-state index in [4.69, 9.17) is 4.74 Å². The molecule has 0 atom stereocenters. The number of anilines is 2. The van der Waals surface area contributed by atoms with Crippen molar-refractivity contribution in [2.24, 2.45) is 0 Å². The first kappa shape index (κ1) is 16.2. The average Bonchev–Trinajstić information content (AvgIpc) is 3.10. The number of amides is 2. The van der Waals surface area contributed by atoms with Gasteiger partial charge in [-0.3, -0.25) is 19.3 Å². The number of hydrogen-bond acceptors (Lipinski definition) is 5. The molecule has 1 aliphatic heterocycles. The summed E-state index contributed by atoms with van der Waals surface area (Å²) in [5.41, 5.74) is 2.26. The molecule has 7 heteroatoms. The molecule has 0 bridgehead atoms. The monoisotopic (exact) mass is 344 g/mol. The van der Waals surface area contributed by atoms with Crippen molar-refractivity contribution in [3.8, 4) is 0 Å². The van der Waals surface area contributed by atoms with Crippen molar-refractivity contribution in [2.45, 2.75) is 12.8 Å². The van der Waals surface area contributed by atoms with Gasteiger partial charge in [0.05, 0.1) is 11.4 Å². The summed E-state index contributed by atoms with van der Waals surface area (Å²) in [6, 6.07) is 8.97. The van der Waals surface area contributed by atoms with Crippen LogP contribution in [0.3, 0.4) is 0 Å². The van der Waals surface area contributed by atoms with Gasteiger partial charge in [-0.25, -0.2) is 0 Å². The van der Waals surface area contributed by atoms with E-state index in [0.717, 1.165) is 5.56 Å². The minimum absolute atomic E-state index is 0.0811. The van der Waals surface area contributed by atoms with Crippen LogP contribution in [0.5, 0.6) is 0 Å². The van der Waals surface area contributed by atoms with Crippen LogP contribution < -0.4 is 10.2 Å². The Labute approximate surface area is 143 Å². The first-order valence-electron chi connectivity index (χ1n) is 7.49. The van der Waals surface area contributed by atoms with E-state index in [2.05, 4.69) is 5.32 Å². The number of rotatable bonds is 5. The maximum absolute atomic E-state index is 12.3. The van der Waals surface area contributed by atoms with Crippen molar-refractivity contribution in [3.05, 3.63) is 46.7 Å². The molecule has 0 spiro atoms. The Balaban J connectivity index is 1.55. The second-order valence-electron chi connectivity index (χ2n) is 5.34. The summed E-state index contributed by atoms with van der Waals surface area (Å²) in [5.74, 6) is -1.11. The lowest BCUT2D eigenvalue weighted by Crippen LogP contribution is -2.44. The largest absolute Gasteiger partial charge is 0.456 e. The number of fused-ring (bicyclic) bond motifs is 1. The van der Waals surface area contributed by atoms with E-state index in [0.29, 0.717) is 17.8 Å². The fourth-order valence-corrected chi connectivity index (χ4v) is 3.13. The Morgan fingerprint density at radius 2 is 2.08 bits per heavy atom. The summed E-state index contributed by atoms with van der Waals surface area (Å²) in [6.45, 7) is -0.452. The highest BCUT2D eigenvalue weighted by Crippen LogP contribution is 2.28. The van der Waals surface area contributed by atoms with E-state index in [1.165, 1.54) is 4.90 Å². The van der Waals surface area contributed by atoms with E-state index in [1.54, 1.807) is 35.6 Å². The molecule has 0 radical (unpaired) electrons. The second kappa shape index (κ2) is 7.27. The van der Waals surface area contributed by atoms with Crippen LogP contribution in [0.1, 0.15) is 12.0 Å². The van der Waals surface area contributed by atoms with Crippen molar-refractivity contribution in [3.63, 3.8) is 0 Å². The minimum Gasteiger partial charge on any atom is -0.456 e. The number of ether oxygens (including phenoxy) is 1. The van der Waals surface area contributed by atoms with Gasteiger partial charge in [0.1, 0.15) is 6.54 Å². The molecule has 6 nitrogen and oxygen atoms in total. The summed E-state index contributed by atoms with van der Waals surface area (Å²) in [6.07, 6.45) is 0.812. The maximum Gasteiger partial charge on any atom is 0.306 e. The van der Waals surface area contributed by atoms with Gasteiger partial charge >= 0.3 is 5.97 Å². The van der Waals surface area contributed by atoms with Gasteiger partial charge in [0.2, 0.25) is 5.91 Å². The molecule has 1 aromatic heterocycles. The predicted molar refractivity (Wildman–Crippen MR) is 91.0 cm³/mol. The van der Waals surface area contributed by atoms with E-state index in [9.17, 15) is 14.4 Å². The molecule has 1 N–H and O–H groups in total. The lowest BCUT2D eigenvalue weighted by molar-refractivity contribution is -0.147. The predicted octanol–water partition coefficient (Wildman–Crippen LogP) is 2.21. The summed E-state index contributed by atoms with van der Waals surface area (Å²) in [7, 11) is 0. The van der Waals surface area contributed by atoms with Crippen LogP contribution in [0, 0.1) is 0 Å².